The monoisotopic (exact) mass is 854 g/mol. The summed E-state index contributed by atoms with van der Waals surface area (Å²) in [5, 5.41) is 10.2. The fraction of sp³-hybridized carbons (Fsp3) is 0.188. The van der Waals surface area contributed by atoms with Gasteiger partial charge in [0.15, 0.2) is 0 Å². The van der Waals surface area contributed by atoms with Gasteiger partial charge in [-0.1, -0.05) is 171 Å². The summed E-state index contributed by atoms with van der Waals surface area (Å²) < 4.78 is 0. The summed E-state index contributed by atoms with van der Waals surface area (Å²) in [6.45, 7) is 20.9. The van der Waals surface area contributed by atoms with Crippen LogP contribution in [-0.2, 0) is 16.2 Å². The van der Waals surface area contributed by atoms with E-state index in [0.717, 1.165) is 34.1 Å². The minimum Gasteiger partial charge on any atom is -0.310 e. The molecule has 0 spiro atoms. The Morgan fingerprint density at radius 3 is 1.35 bits per heavy atom. The molecule has 324 valence electrons. The molecule has 2 heteroatoms. The number of rotatable bonds is 6. The molecule has 1 aliphatic carbocycles. The molecule has 0 atom stereocenters. The summed E-state index contributed by atoms with van der Waals surface area (Å²) in [5.74, 6) is 0. The molecule has 0 N–H and O–H groups in total. The second kappa shape index (κ2) is 15.2. The Balaban J connectivity index is 1.09. The molecule has 11 rings (SSSR count). The zero-order valence-corrected chi connectivity index (χ0v) is 39.8. The lowest BCUT2D eigenvalue weighted by molar-refractivity contribution is 0.590. The predicted octanol–water partition coefficient (Wildman–Crippen LogP) is 18.4. The molecule has 0 saturated carbocycles. The molecule has 0 radical (unpaired) electrons. The number of nitrogens with zero attached hydrogens (tertiary/aromatic N) is 2. The topological polar surface area (TPSA) is 6.48 Å². The molecule has 0 heterocycles. The van der Waals surface area contributed by atoms with Crippen molar-refractivity contribution in [1.82, 2.24) is 0 Å². The Labute approximate surface area is 390 Å². The van der Waals surface area contributed by atoms with Crippen molar-refractivity contribution in [2.45, 2.75) is 78.6 Å². The van der Waals surface area contributed by atoms with Gasteiger partial charge in [0.1, 0.15) is 0 Å². The molecule has 1 aliphatic rings. The third-order valence-electron chi connectivity index (χ3n) is 14.5. The molecule has 66 heavy (non-hydrogen) atoms. The van der Waals surface area contributed by atoms with Gasteiger partial charge in [0, 0.05) is 39.5 Å². The highest BCUT2D eigenvalue weighted by molar-refractivity contribution is 6.19. The molecule has 0 aliphatic heterocycles. The molecule has 0 unspecified atom stereocenters. The van der Waals surface area contributed by atoms with Gasteiger partial charge in [0.05, 0.1) is 0 Å². The summed E-state index contributed by atoms with van der Waals surface area (Å²) in [6, 6.07) is 70.8. The van der Waals surface area contributed by atoms with Crippen molar-refractivity contribution in [3.05, 3.63) is 216 Å². The SMILES string of the molecule is Cc1c2c3c(cccc3c3cc(N(c4ccc(C(C)(C)C)cc4)c4ccc5ccccc5c4)ccc13)C(C)(C)c1cc(N(c3ccc(C(C)(C)C)cc3)c3ccc4ccccc4c3)ccc1-2. The van der Waals surface area contributed by atoms with Crippen molar-refractivity contribution in [3.63, 3.8) is 0 Å². The van der Waals surface area contributed by atoms with Crippen LogP contribution in [0.3, 0.4) is 0 Å². The maximum absolute atomic E-state index is 2.48. The number of hydrogen-bond acceptors (Lipinski definition) is 2. The van der Waals surface area contributed by atoms with Gasteiger partial charge in [-0.2, -0.15) is 0 Å². The highest BCUT2D eigenvalue weighted by atomic mass is 15.1. The Kier molecular flexibility index (Phi) is 9.57. The van der Waals surface area contributed by atoms with E-state index in [-0.39, 0.29) is 16.2 Å². The van der Waals surface area contributed by atoms with Crippen molar-refractivity contribution in [1.29, 1.82) is 0 Å². The molecule has 2 nitrogen and oxygen atoms in total. The molecule has 0 aromatic heterocycles. The van der Waals surface area contributed by atoms with Gasteiger partial charge in [0.2, 0.25) is 0 Å². The second-order valence-corrected chi connectivity index (χ2v) is 21.1. The van der Waals surface area contributed by atoms with E-state index >= 15 is 0 Å². The standard InChI is InChI=1S/C64H58N2/c1-41-54-35-33-52(65(48-29-23-46(24-30-48)62(2,3)4)50-27-21-42-15-10-12-17-44(42)37-50)39-57(54)55-19-14-20-58-61(55)60(41)56-36-34-53(40-59(56)64(58,8)9)66(49-31-25-47(26-32-49)63(5,6)7)51-28-22-43-16-11-13-18-45(43)38-51/h10-40H,1-9H3. The van der Waals surface area contributed by atoms with E-state index in [9.17, 15) is 0 Å². The Morgan fingerprint density at radius 1 is 0.364 bits per heavy atom. The molecule has 10 aromatic rings. The quantitative estimate of drug-likeness (QED) is 0.154. The van der Waals surface area contributed by atoms with E-state index in [1.165, 1.54) is 82.0 Å². The number of benzene rings is 10. The van der Waals surface area contributed by atoms with Crippen LogP contribution in [-0.4, -0.2) is 0 Å². The van der Waals surface area contributed by atoms with E-state index < -0.39 is 0 Å². The van der Waals surface area contributed by atoms with Gasteiger partial charge in [-0.25, -0.2) is 0 Å². The number of aryl methyl sites for hydroxylation is 1. The van der Waals surface area contributed by atoms with E-state index in [2.05, 4.69) is 260 Å². The minimum absolute atomic E-state index is 0.0645. The lowest BCUT2D eigenvalue weighted by Crippen LogP contribution is -2.25. The Hall–Kier alpha value is -7.16. The molecule has 10 aromatic carbocycles. The first-order valence-electron chi connectivity index (χ1n) is 23.6. The van der Waals surface area contributed by atoms with E-state index in [1.54, 1.807) is 0 Å². The highest BCUT2D eigenvalue weighted by Crippen LogP contribution is 2.54. The second-order valence-electron chi connectivity index (χ2n) is 21.1. The summed E-state index contributed by atoms with van der Waals surface area (Å²) in [6.07, 6.45) is 0. The third-order valence-corrected chi connectivity index (χ3v) is 14.5. The number of anilines is 6. The maximum atomic E-state index is 2.48. The summed E-state index contributed by atoms with van der Waals surface area (Å²) in [7, 11) is 0. The van der Waals surface area contributed by atoms with E-state index in [0.29, 0.717) is 0 Å². The van der Waals surface area contributed by atoms with Crippen LogP contribution in [0.5, 0.6) is 0 Å². The van der Waals surface area contributed by atoms with Crippen LogP contribution in [0.1, 0.15) is 83.2 Å². The van der Waals surface area contributed by atoms with Crippen molar-refractivity contribution in [3.8, 4) is 11.1 Å². The van der Waals surface area contributed by atoms with Gasteiger partial charge < -0.3 is 9.80 Å². The highest BCUT2D eigenvalue weighted by Gasteiger charge is 2.36. The van der Waals surface area contributed by atoms with Gasteiger partial charge in [-0.05, 0) is 173 Å². The lowest BCUT2D eigenvalue weighted by atomic mass is 9.67. The lowest BCUT2D eigenvalue weighted by Gasteiger charge is -2.38. The first-order valence-corrected chi connectivity index (χ1v) is 23.6. The minimum atomic E-state index is -0.271. The van der Waals surface area contributed by atoms with E-state index in [1.807, 2.05) is 0 Å². The van der Waals surface area contributed by atoms with Gasteiger partial charge >= 0.3 is 0 Å². The zero-order valence-electron chi connectivity index (χ0n) is 39.8. The molecule has 0 saturated heterocycles. The van der Waals surface area contributed by atoms with Gasteiger partial charge in [0.25, 0.3) is 0 Å². The first-order chi connectivity index (χ1) is 31.6. The van der Waals surface area contributed by atoms with Crippen LogP contribution in [0.15, 0.2) is 188 Å². The van der Waals surface area contributed by atoms with Crippen LogP contribution in [0.25, 0.3) is 54.2 Å². The van der Waals surface area contributed by atoms with Crippen LogP contribution < -0.4 is 9.80 Å². The largest absolute Gasteiger partial charge is 0.310 e. The first kappa shape index (κ1) is 41.5. The average Bonchev–Trinajstić information content (AvgIpc) is 3.31. The van der Waals surface area contributed by atoms with Crippen molar-refractivity contribution in [2.24, 2.45) is 0 Å². The van der Waals surface area contributed by atoms with Crippen LogP contribution in [0.2, 0.25) is 0 Å². The third kappa shape index (κ3) is 6.85. The predicted molar refractivity (Wildman–Crippen MR) is 286 cm³/mol. The van der Waals surface area contributed by atoms with Gasteiger partial charge in [-0.15, -0.1) is 0 Å². The van der Waals surface area contributed by atoms with Crippen molar-refractivity contribution >= 4 is 77.2 Å². The van der Waals surface area contributed by atoms with Crippen LogP contribution >= 0.6 is 0 Å². The fourth-order valence-corrected chi connectivity index (χ4v) is 10.7. The zero-order chi connectivity index (χ0) is 45.7. The van der Waals surface area contributed by atoms with Crippen molar-refractivity contribution in [2.75, 3.05) is 9.80 Å². The average molecular weight is 855 g/mol. The Morgan fingerprint density at radius 2 is 0.818 bits per heavy atom. The molecule has 0 bridgehead atoms. The maximum Gasteiger partial charge on any atom is 0.0468 e. The van der Waals surface area contributed by atoms with Crippen molar-refractivity contribution < 1.29 is 0 Å². The van der Waals surface area contributed by atoms with E-state index in [4.69, 9.17) is 0 Å². The molecule has 0 amide bonds. The molecular weight excluding hydrogens is 797 g/mol. The summed E-state index contributed by atoms with van der Waals surface area (Å²) in [4.78, 5) is 4.87. The summed E-state index contributed by atoms with van der Waals surface area (Å²) >= 11 is 0. The summed E-state index contributed by atoms with van der Waals surface area (Å²) in [5.41, 5.74) is 16.1. The fourth-order valence-electron chi connectivity index (χ4n) is 10.7. The number of hydrogen-bond donors (Lipinski definition) is 0. The van der Waals surface area contributed by atoms with Gasteiger partial charge in [-0.3, -0.25) is 0 Å². The molecule has 0 fully saturated rings. The Bertz CT molecular complexity index is 3520. The number of fused-ring (bicyclic) bond motifs is 6. The van der Waals surface area contributed by atoms with Crippen LogP contribution in [0.4, 0.5) is 34.1 Å². The molecular formula is C64H58N2. The normalized spacial score (nSPS) is 13.3. The van der Waals surface area contributed by atoms with Crippen LogP contribution in [0, 0.1) is 6.92 Å². The smallest absolute Gasteiger partial charge is 0.0468 e.